The molecule has 0 spiro atoms. The first-order valence-corrected chi connectivity index (χ1v) is 8.42. The van der Waals surface area contributed by atoms with Crippen LogP contribution < -0.4 is 5.73 Å². The van der Waals surface area contributed by atoms with Gasteiger partial charge in [0.2, 0.25) is 0 Å². The van der Waals surface area contributed by atoms with Crippen molar-refractivity contribution in [3.05, 3.63) is 95.6 Å². The predicted molar refractivity (Wildman–Crippen MR) is 100 cm³/mol. The Morgan fingerprint density at radius 2 is 1.65 bits per heavy atom. The van der Waals surface area contributed by atoms with Crippen LogP contribution in [0.3, 0.4) is 0 Å². The normalized spacial score (nSPS) is 10.8. The summed E-state index contributed by atoms with van der Waals surface area (Å²) in [6, 6.07) is 20.0. The molecule has 0 atom stereocenters. The van der Waals surface area contributed by atoms with Gasteiger partial charge < -0.3 is 10.3 Å². The largest absolute Gasteiger partial charge is 0.383 e. The van der Waals surface area contributed by atoms with Gasteiger partial charge in [0.05, 0.1) is 11.3 Å². The van der Waals surface area contributed by atoms with E-state index in [-0.39, 0.29) is 0 Å². The molecule has 0 aliphatic carbocycles. The molecule has 5 heteroatoms. The van der Waals surface area contributed by atoms with Gasteiger partial charge in [-0.1, -0.05) is 41.6 Å². The molecule has 5 nitrogen and oxygen atoms in total. The number of anilines is 1. The van der Waals surface area contributed by atoms with Crippen molar-refractivity contribution in [1.29, 1.82) is 0 Å². The lowest BCUT2D eigenvalue weighted by atomic mass is 10.1. The molecule has 0 saturated heterocycles. The summed E-state index contributed by atoms with van der Waals surface area (Å²) in [7, 11) is 0. The van der Waals surface area contributed by atoms with Gasteiger partial charge in [-0.25, -0.2) is 4.98 Å². The molecule has 0 saturated carbocycles. The highest BCUT2D eigenvalue weighted by Crippen LogP contribution is 2.25. The Morgan fingerprint density at radius 1 is 0.808 bits per heavy atom. The average Bonchev–Trinajstić information content (AvgIpc) is 3.13. The number of pyridine rings is 2. The molecule has 3 aromatic heterocycles. The van der Waals surface area contributed by atoms with Crippen LogP contribution in [0.4, 0.5) is 5.82 Å². The van der Waals surface area contributed by atoms with Crippen molar-refractivity contribution in [3.8, 4) is 11.3 Å². The van der Waals surface area contributed by atoms with Crippen molar-refractivity contribution in [3.63, 3.8) is 0 Å². The van der Waals surface area contributed by atoms with Crippen molar-refractivity contribution in [2.75, 3.05) is 5.73 Å². The molecule has 0 radical (unpaired) electrons. The molecule has 0 fully saturated rings. The third kappa shape index (κ3) is 3.62. The van der Waals surface area contributed by atoms with E-state index in [1.165, 1.54) is 5.56 Å². The Kier molecular flexibility index (Phi) is 4.43. The molecule has 1 aromatic carbocycles. The summed E-state index contributed by atoms with van der Waals surface area (Å²) in [4.78, 5) is 8.63. The number of rotatable bonds is 5. The fourth-order valence-corrected chi connectivity index (χ4v) is 2.83. The predicted octanol–water partition coefficient (Wildman–Crippen LogP) is 3.90. The molecule has 0 unspecified atom stereocenters. The monoisotopic (exact) mass is 342 g/mol. The minimum atomic E-state index is 0.433. The second kappa shape index (κ2) is 7.19. The molecule has 0 aliphatic rings. The van der Waals surface area contributed by atoms with Crippen molar-refractivity contribution in [1.82, 2.24) is 15.1 Å². The van der Waals surface area contributed by atoms with Gasteiger partial charge in [0.1, 0.15) is 5.82 Å². The van der Waals surface area contributed by atoms with Crippen molar-refractivity contribution >= 4 is 5.82 Å². The topological polar surface area (TPSA) is 77.8 Å². The van der Waals surface area contributed by atoms with Crippen molar-refractivity contribution in [2.24, 2.45) is 0 Å². The van der Waals surface area contributed by atoms with Gasteiger partial charge >= 0.3 is 0 Å². The Labute approximate surface area is 151 Å². The molecule has 26 heavy (non-hydrogen) atoms. The SMILES string of the molecule is Nc1ncccc1-c1cc(Cc2ccc(Cc3ccccc3)nc2)no1. The van der Waals surface area contributed by atoms with Gasteiger partial charge in [0.15, 0.2) is 5.76 Å². The minimum absolute atomic E-state index is 0.433. The Balaban J connectivity index is 1.46. The van der Waals surface area contributed by atoms with Crippen LogP contribution in [0.1, 0.15) is 22.5 Å². The highest BCUT2D eigenvalue weighted by Gasteiger charge is 2.11. The number of nitrogen functional groups attached to an aromatic ring is 1. The highest BCUT2D eigenvalue weighted by molar-refractivity contribution is 5.69. The van der Waals surface area contributed by atoms with Crippen LogP contribution in [0.2, 0.25) is 0 Å². The Bertz CT molecular complexity index is 994. The lowest BCUT2D eigenvalue weighted by molar-refractivity contribution is 0.425. The van der Waals surface area contributed by atoms with E-state index in [9.17, 15) is 0 Å². The number of hydrogen-bond donors (Lipinski definition) is 1. The molecular weight excluding hydrogens is 324 g/mol. The van der Waals surface area contributed by atoms with E-state index in [0.717, 1.165) is 28.9 Å². The summed E-state index contributed by atoms with van der Waals surface area (Å²) in [5.74, 6) is 1.06. The van der Waals surface area contributed by atoms with Gasteiger partial charge in [-0.05, 0) is 29.3 Å². The van der Waals surface area contributed by atoms with E-state index in [2.05, 4.69) is 39.4 Å². The maximum absolute atomic E-state index is 5.89. The van der Waals surface area contributed by atoms with Gasteiger partial charge in [0, 0.05) is 37.0 Å². The van der Waals surface area contributed by atoms with Crippen LogP contribution in [0.5, 0.6) is 0 Å². The summed E-state index contributed by atoms with van der Waals surface area (Å²) in [6.07, 6.45) is 5.03. The standard InChI is InChI=1S/C21H18N4O/c22-21-19(7-4-10-23-21)20-13-18(25-26-20)12-16-8-9-17(24-14-16)11-15-5-2-1-3-6-15/h1-10,13-14H,11-12H2,(H2,22,23). The van der Waals surface area contributed by atoms with Crippen LogP contribution in [0.25, 0.3) is 11.3 Å². The Morgan fingerprint density at radius 3 is 2.42 bits per heavy atom. The summed E-state index contributed by atoms with van der Waals surface area (Å²) in [6.45, 7) is 0. The lowest BCUT2D eigenvalue weighted by Crippen LogP contribution is -1.95. The third-order valence-electron chi connectivity index (χ3n) is 4.16. The highest BCUT2D eigenvalue weighted by atomic mass is 16.5. The minimum Gasteiger partial charge on any atom is -0.383 e. The zero-order valence-electron chi connectivity index (χ0n) is 14.2. The number of aromatic nitrogens is 3. The zero-order valence-corrected chi connectivity index (χ0v) is 14.2. The third-order valence-corrected chi connectivity index (χ3v) is 4.16. The number of nitrogens with two attached hydrogens (primary N) is 1. The molecular formula is C21H18N4O. The fourth-order valence-electron chi connectivity index (χ4n) is 2.83. The van der Waals surface area contributed by atoms with E-state index in [1.54, 1.807) is 6.20 Å². The second-order valence-corrected chi connectivity index (χ2v) is 6.12. The summed E-state index contributed by atoms with van der Waals surface area (Å²) in [5.41, 5.74) is 10.9. The molecule has 0 bridgehead atoms. The molecule has 0 amide bonds. The molecule has 4 rings (SSSR count). The lowest BCUT2D eigenvalue weighted by Gasteiger charge is -2.02. The zero-order chi connectivity index (χ0) is 17.8. The van der Waals surface area contributed by atoms with E-state index >= 15 is 0 Å². The molecule has 0 aliphatic heterocycles. The van der Waals surface area contributed by atoms with Gasteiger partial charge in [-0.3, -0.25) is 4.98 Å². The van der Waals surface area contributed by atoms with Crippen LogP contribution in [-0.2, 0) is 12.8 Å². The summed E-state index contributed by atoms with van der Waals surface area (Å²) < 4.78 is 5.42. The van der Waals surface area contributed by atoms with Crippen molar-refractivity contribution in [2.45, 2.75) is 12.8 Å². The van der Waals surface area contributed by atoms with E-state index in [4.69, 9.17) is 10.3 Å². The number of hydrogen-bond acceptors (Lipinski definition) is 5. The van der Waals surface area contributed by atoms with Crippen LogP contribution in [0, 0.1) is 0 Å². The fraction of sp³-hybridized carbons (Fsp3) is 0.0952. The summed E-state index contributed by atoms with van der Waals surface area (Å²) in [5, 5.41) is 4.13. The van der Waals surface area contributed by atoms with Gasteiger partial charge in [-0.15, -0.1) is 0 Å². The van der Waals surface area contributed by atoms with Crippen LogP contribution >= 0.6 is 0 Å². The molecule has 4 aromatic rings. The van der Waals surface area contributed by atoms with Crippen LogP contribution in [-0.4, -0.2) is 15.1 Å². The molecule has 2 N–H and O–H groups in total. The first kappa shape index (κ1) is 16.0. The van der Waals surface area contributed by atoms with E-state index in [0.29, 0.717) is 18.0 Å². The quantitative estimate of drug-likeness (QED) is 0.595. The first-order chi connectivity index (χ1) is 12.8. The Hall–Kier alpha value is -3.47. The molecule has 3 heterocycles. The number of nitrogens with zero attached hydrogens (tertiary/aromatic N) is 3. The first-order valence-electron chi connectivity index (χ1n) is 8.42. The van der Waals surface area contributed by atoms with E-state index in [1.807, 2.05) is 42.6 Å². The summed E-state index contributed by atoms with van der Waals surface area (Å²) >= 11 is 0. The average molecular weight is 342 g/mol. The van der Waals surface area contributed by atoms with Crippen molar-refractivity contribution < 1.29 is 4.52 Å². The molecule has 128 valence electrons. The van der Waals surface area contributed by atoms with Crippen LogP contribution in [0.15, 0.2) is 77.6 Å². The van der Waals surface area contributed by atoms with E-state index < -0.39 is 0 Å². The maximum atomic E-state index is 5.89. The van der Waals surface area contributed by atoms with Gasteiger partial charge in [-0.2, -0.15) is 0 Å². The number of benzene rings is 1. The second-order valence-electron chi connectivity index (χ2n) is 6.12. The maximum Gasteiger partial charge on any atom is 0.170 e. The smallest absolute Gasteiger partial charge is 0.170 e. The van der Waals surface area contributed by atoms with Gasteiger partial charge in [0.25, 0.3) is 0 Å².